The van der Waals surface area contributed by atoms with Gasteiger partial charge in [-0.15, -0.1) is 11.3 Å². The van der Waals surface area contributed by atoms with Gasteiger partial charge in [-0.3, -0.25) is 9.59 Å². The Morgan fingerprint density at radius 2 is 2.09 bits per heavy atom. The average Bonchev–Trinajstić information content (AvgIpc) is 3.37. The van der Waals surface area contributed by atoms with E-state index in [0.29, 0.717) is 36.2 Å². The minimum absolute atomic E-state index is 0.0350. The number of thioether (sulfide) groups is 1. The molecule has 1 N–H and O–H groups in total. The van der Waals surface area contributed by atoms with E-state index < -0.39 is 6.10 Å². The molecule has 34 heavy (non-hydrogen) atoms. The zero-order chi connectivity index (χ0) is 23.7. The minimum atomic E-state index is -0.397. The van der Waals surface area contributed by atoms with E-state index in [1.54, 1.807) is 23.1 Å². The van der Waals surface area contributed by atoms with Gasteiger partial charge in [0.25, 0.3) is 0 Å². The second-order valence-electron chi connectivity index (χ2n) is 11.8. The number of aryl methyl sites for hydroxylation is 1. The second kappa shape index (κ2) is 8.41. The number of hydrogen-bond acceptors (Lipinski definition) is 6. The number of aliphatic hydroxyl groups is 1. The van der Waals surface area contributed by atoms with Crippen LogP contribution in [0.25, 0.3) is 6.08 Å². The van der Waals surface area contributed by atoms with E-state index >= 15 is 0 Å². The number of Topliss-reactive ketones (excluding diaryl/α,β-unsaturated/α-hetero) is 1. The number of fused-ring (bicyclic) bond motifs is 6. The Balaban J connectivity index is 1.19. The fourth-order valence-electron chi connectivity index (χ4n) is 8.57. The molecule has 0 aliphatic heterocycles. The number of aliphatic hydroxyl groups excluding tert-OH is 1. The molecular weight excluding hydrogens is 462 g/mol. The lowest BCUT2D eigenvalue weighted by atomic mass is 9.46. The molecule has 6 heteroatoms. The van der Waals surface area contributed by atoms with Gasteiger partial charge < -0.3 is 5.11 Å². The Bertz CT molecular complexity index is 1090. The summed E-state index contributed by atoms with van der Waals surface area (Å²) < 4.78 is 1.01. The Hall–Kier alpha value is -1.24. The highest BCUT2D eigenvalue weighted by Gasteiger charge is 2.62. The molecule has 4 nitrogen and oxygen atoms in total. The average molecular weight is 498 g/mol. The molecule has 5 aliphatic carbocycles. The molecule has 6 rings (SSSR count). The van der Waals surface area contributed by atoms with Crippen LogP contribution in [0.4, 0.5) is 0 Å². The summed E-state index contributed by atoms with van der Waals surface area (Å²) in [5.41, 5.74) is 2.27. The third kappa shape index (κ3) is 3.54. The van der Waals surface area contributed by atoms with Gasteiger partial charge in [0.15, 0.2) is 10.1 Å². The standard InChI is InChI=1S/C28H35NO3S2/c1-27-12-11-17(30)13-16(27)7-8-18-19-9-10-20(28(19,2)14-22(31)25(18)27)23(32)15-33-26-29-21-5-3-4-6-24(21)34-26/h4,6,13,18-20,22,25,31H,3,5,7-12,14-15H2,1-2H3/t18?,19?,20?,22-,25?,27?,28?/m0/s1. The Kier molecular flexibility index (Phi) is 5.74. The van der Waals surface area contributed by atoms with E-state index in [-0.39, 0.29) is 28.4 Å². The number of thiazole rings is 1. The van der Waals surface area contributed by atoms with Gasteiger partial charge in [-0.05, 0) is 92.1 Å². The number of hydrogen-bond donors (Lipinski definition) is 1. The molecule has 0 aromatic carbocycles. The normalized spacial score (nSPS) is 40.7. The fraction of sp³-hybridized carbons (Fsp3) is 0.679. The number of rotatable bonds is 4. The third-order valence-corrected chi connectivity index (χ3v) is 12.4. The van der Waals surface area contributed by atoms with E-state index in [1.807, 2.05) is 6.08 Å². The van der Waals surface area contributed by atoms with Crippen molar-refractivity contribution in [2.75, 3.05) is 5.75 Å². The van der Waals surface area contributed by atoms with Crippen molar-refractivity contribution in [3.05, 3.63) is 28.3 Å². The van der Waals surface area contributed by atoms with Gasteiger partial charge in [0, 0.05) is 12.3 Å². The molecule has 1 heterocycles. The van der Waals surface area contributed by atoms with Crippen LogP contribution < -0.4 is 0 Å². The van der Waals surface area contributed by atoms with Crippen molar-refractivity contribution in [1.82, 2.24) is 4.98 Å². The first-order valence-corrected chi connectivity index (χ1v) is 14.8. The summed E-state index contributed by atoms with van der Waals surface area (Å²) >= 11 is 3.32. The lowest BCUT2D eigenvalue weighted by Crippen LogP contribution is -2.57. The van der Waals surface area contributed by atoms with Gasteiger partial charge in [0.05, 0.1) is 22.4 Å². The van der Waals surface area contributed by atoms with Gasteiger partial charge in [-0.2, -0.15) is 0 Å². The second-order valence-corrected chi connectivity index (χ2v) is 14.0. The Labute approximate surface area is 210 Å². The number of carbonyl (C=O) groups is 2. The number of carbonyl (C=O) groups excluding carboxylic acids is 2. The summed E-state index contributed by atoms with van der Waals surface area (Å²) in [6, 6.07) is 0. The van der Waals surface area contributed by atoms with Gasteiger partial charge >= 0.3 is 0 Å². The molecule has 7 atom stereocenters. The monoisotopic (exact) mass is 497 g/mol. The van der Waals surface area contributed by atoms with Crippen LogP contribution in [0.3, 0.4) is 0 Å². The van der Waals surface area contributed by atoms with Crippen molar-refractivity contribution in [3.63, 3.8) is 0 Å². The topological polar surface area (TPSA) is 67.3 Å². The molecule has 0 bridgehead atoms. The van der Waals surface area contributed by atoms with Gasteiger partial charge in [0.1, 0.15) is 5.78 Å². The van der Waals surface area contributed by atoms with E-state index in [9.17, 15) is 14.7 Å². The summed E-state index contributed by atoms with van der Waals surface area (Å²) in [4.78, 5) is 31.6. The highest BCUT2D eigenvalue weighted by molar-refractivity contribution is 8.01. The van der Waals surface area contributed by atoms with Gasteiger partial charge in [-0.1, -0.05) is 37.3 Å². The van der Waals surface area contributed by atoms with Crippen molar-refractivity contribution >= 4 is 40.7 Å². The lowest BCUT2D eigenvalue weighted by Gasteiger charge is -2.59. The number of allylic oxidation sites excluding steroid dienone is 2. The van der Waals surface area contributed by atoms with Crippen LogP contribution in [-0.2, 0) is 16.0 Å². The Morgan fingerprint density at radius 1 is 1.24 bits per heavy atom. The molecule has 182 valence electrons. The highest BCUT2D eigenvalue weighted by atomic mass is 32.2. The predicted molar refractivity (Wildman–Crippen MR) is 137 cm³/mol. The van der Waals surface area contributed by atoms with E-state index in [2.05, 4.69) is 26.0 Å². The van der Waals surface area contributed by atoms with Crippen LogP contribution in [-0.4, -0.2) is 33.5 Å². The number of nitrogens with zero attached hydrogens (tertiary/aromatic N) is 1. The lowest BCUT2D eigenvalue weighted by molar-refractivity contribution is -0.143. The van der Waals surface area contributed by atoms with Crippen LogP contribution >= 0.6 is 23.1 Å². The summed E-state index contributed by atoms with van der Waals surface area (Å²) in [5.74, 6) is 2.28. The summed E-state index contributed by atoms with van der Waals surface area (Å²) in [5, 5.41) is 11.5. The maximum Gasteiger partial charge on any atom is 0.155 e. The van der Waals surface area contributed by atoms with Crippen molar-refractivity contribution in [3.8, 4) is 0 Å². The first-order valence-electron chi connectivity index (χ1n) is 13.0. The first-order chi connectivity index (χ1) is 16.3. The zero-order valence-corrected chi connectivity index (χ0v) is 21.9. The highest BCUT2D eigenvalue weighted by Crippen LogP contribution is 2.66. The predicted octanol–water partition coefficient (Wildman–Crippen LogP) is 5.88. The largest absolute Gasteiger partial charge is 0.393 e. The van der Waals surface area contributed by atoms with Gasteiger partial charge in [0.2, 0.25) is 0 Å². The van der Waals surface area contributed by atoms with E-state index in [1.165, 1.54) is 16.1 Å². The van der Waals surface area contributed by atoms with Crippen LogP contribution in [0, 0.1) is 34.5 Å². The van der Waals surface area contributed by atoms with Crippen molar-refractivity contribution < 1.29 is 14.7 Å². The molecule has 6 unspecified atom stereocenters. The molecule has 3 fully saturated rings. The van der Waals surface area contributed by atoms with E-state index in [0.717, 1.165) is 49.3 Å². The smallest absolute Gasteiger partial charge is 0.155 e. The SMILES string of the molecule is CC12CCC(=O)C=C1CCC1C2[C@@H](O)CC2(C)C(C(=O)CSc3nc4c(s3)C=CCC4)CCC12. The van der Waals surface area contributed by atoms with Crippen LogP contribution in [0.1, 0.15) is 75.8 Å². The molecule has 0 saturated heterocycles. The van der Waals surface area contributed by atoms with Gasteiger partial charge in [-0.25, -0.2) is 4.98 Å². The molecule has 5 aliphatic rings. The van der Waals surface area contributed by atoms with Crippen molar-refractivity contribution in [1.29, 1.82) is 0 Å². The molecule has 3 saturated carbocycles. The number of aromatic nitrogens is 1. The number of ketones is 2. The summed E-state index contributed by atoms with van der Waals surface area (Å²) in [6.07, 6.45) is 14.2. The molecule has 1 aromatic rings. The zero-order valence-electron chi connectivity index (χ0n) is 20.2. The summed E-state index contributed by atoms with van der Waals surface area (Å²) in [6.45, 7) is 4.59. The molecule has 1 aromatic heterocycles. The quantitative estimate of drug-likeness (QED) is 0.526. The third-order valence-electron chi connectivity index (χ3n) is 10.1. The van der Waals surface area contributed by atoms with Crippen molar-refractivity contribution in [2.45, 2.75) is 82.1 Å². The molecule has 0 amide bonds. The fourth-order valence-corrected chi connectivity index (χ4v) is 10.7. The van der Waals surface area contributed by atoms with Crippen LogP contribution in [0.5, 0.6) is 0 Å². The maximum atomic E-state index is 13.5. The van der Waals surface area contributed by atoms with Crippen LogP contribution in [0.15, 0.2) is 22.1 Å². The summed E-state index contributed by atoms with van der Waals surface area (Å²) in [7, 11) is 0. The minimum Gasteiger partial charge on any atom is -0.393 e. The van der Waals surface area contributed by atoms with E-state index in [4.69, 9.17) is 4.98 Å². The maximum absolute atomic E-state index is 13.5. The Morgan fingerprint density at radius 3 is 2.91 bits per heavy atom. The molecule has 0 spiro atoms. The molecule has 0 radical (unpaired) electrons. The molecular formula is C28H35NO3S2. The first kappa shape index (κ1) is 23.2. The van der Waals surface area contributed by atoms with Crippen LogP contribution in [0.2, 0.25) is 0 Å². The van der Waals surface area contributed by atoms with Crippen molar-refractivity contribution in [2.24, 2.45) is 34.5 Å².